The first-order valence-corrected chi connectivity index (χ1v) is 18.4. The zero-order valence-corrected chi connectivity index (χ0v) is 31.3. The normalized spacial score (nSPS) is 26.3. The van der Waals surface area contributed by atoms with Gasteiger partial charge in [0.1, 0.15) is 11.5 Å². The van der Waals surface area contributed by atoms with E-state index in [1.165, 1.54) is 30.2 Å². The van der Waals surface area contributed by atoms with E-state index in [1.54, 1.807) is 60.7 Å². The number of fused-ring (bicyclic) bond motifs is 4. The standard InChI is InChI=1S/C40H31Cl4N3O6/c1-19-3-8-23(17-30(19)43)46-36(49)26-12-11-25-27(34(26)38(46)51)18-29-37(50)47(45-32-13-6-22(42)16-31(32)44)39(52)40(29,20-4-9-24(53-2)10-5-20)35(25)28-15-21(41)7-14-33(28)48/h3-11,13-17,26-27,29,34-35,45,48H,12,18H2,1-2H3. The number of anilines is 2. The maximum Gasteiger partial charge on any atom is 0.260 e. The molecule has 53 heavy (non-hydrogen) atoms. The van der Waals surface area contributed by atoms with E-state index in [0.717, 1.165) is 10.6 Å². The molecule has 270 valence electrons. The molecule has 2 N–H and O–H groups in total. The fraction of sp³-hybridized carbons (Fsp3) is 0.250. The largest absolute Gasteiger partial charge is 0.508 e. The molecule has 6 atom stereocenters. The number of carbonyl (C=O) groups excluding carboxylic acids is 4. The smallest absolute Gasteiger partial charge is 0.260 e. The second kappa shape index (κ2) is 13.1. The lowest BCUT2D eigenvalue weighted by Gasteiger charge is -2.50. The number of hydrazine groups is 1. The zero-order valence-electron chi connectivity index (χ0n) is 28.3. The molecule has 2 saturated heterocycles. The Morgan fingerprint density at radius 3 is 2.23 bits per heavy atom. The molecule has 0 aromatic heterocycles. The van der Waals surface area contributed by atoms with E-state index < -0.39 is 52.7 Å². The second-order valence-corrected chi connectivity index (χ2v) is 15.5. The van der Waals surface area contributed by atoms with Crippen LogP contribution in [0.3, 0.4) is 0 Å². The van der Waals surface area contributed by atoms with Crippen LogP contribution < -0.4 is 15.1 Å². The van der Waals surface area contributed by atoms with Gasteiger partial charge in [-0.1, -0.05) is 76.3 Å². The van der Waals surface area contributed by atoms with Crippen LogP contribution in [0.25, 0.3) is 0 Å². The molecule has 4 aromatic rings. The van der Waals surface area contributed by atoms with Crippen molar-refractivity contribution in [3.63, 3.8) is 0 Å². The maximum absolute atomic E-state index is 15.4. The Morgan fingerprint density at radius 1 is 0.811 bits per heavy atom. The topological polar surface area (TPSA) is 116 Å². The van der Waals surface area contributed by atoms with Gasteiger partial charge in [-0.05, 0) is 97.5 Å². The van der Waals surface area contributed by atoms with Crippen LogP contribution in [0.5, 0.6) is 11.5 Å². The number of carbonyl (C=O) groups is 4. The Balaban J connectivity index is 1.34. The monoisotopic (exact) mass is 789 g/mol. The summed E-state index contributed by atoms with van der Waals surface area (Å²) >= 11 is 25.7. The van der Waals surface area contributed by atoms with E-state index in [0.29, 0.717) is 43.2 Å². The number of aromatic hydroxyl groups is 1. The third-order valence-electron chi connectivity index (χ3n) is 11.3. The first-order chi connectivity index (χ1) is 25.4. The van der Waals surface area contributed by atoms with Crippen LogP contribution in [-0.2, 0) is 24.6 Å². The first-order valence-electron chi connectivity index (χ1n) is 16.9. The highest BCUT2D eigenvalue weighted by Gasteiger charge is 2.70. The SMILES string of the molecule is COc1ccc(C23C(=O)N(Nc4ccc(Cl)cc4Cl)C(=O)C2CC2C(=CCC4C(=O)N(c5ccc(C)c(Cl)c5)C(=O)C42)C3c2cc(Cl)ccc2O)cc1. The lowest BCUT2D eigenvalue weighted by atomic mass is 9.49. The Labute approximate surface area is 325 Å². The van der Waals surface area contributed by atoms with Crippen LogP contribution in [0.2, 0.25) is 20.1 Å². The van der Waals surface area contributed by atoms with Crippen LogP contribution in [0.4, 0.5) is 11.4 Å². The van der Waals surface area contributed by atoms with E-state index >= 15 is 4.79 Å². The molecule has 4 aliphatic rings. The number of ether oxygens (including phenoxy) is 1. The molecule has 2 aliphatic carbocycles. The van der Waals surface area contributed by atoms with Crippen molar-refractivity contribution in [3.8, 4) is 11.5 Å². The molecular weight excluding hydrogens is 760 g/mol. The Kier molecular flexibility index (Phi) is 8.77. The van der Waals surface area contributed by atoms with Gasteiger partial charge in [-0.2, -0.15) is 5.01 Å². The van der Waals surface area contributed by atoms with Gasteiger partial charge in [0.15, 0.2) is 0 Å². The number of amides is 4. The summed E-state index contributed by atoms with van der Waals surface area (Å²) in [5.74, 6) is -5.85. The number of allylic oxidation sites excluding steroid dienone is 2. The number of methoxy groups -OCH3 is 1. The van der Waals surface area contributed by atoms with E-state index in [9.17, 15) is 19.5 Å². The molecule has 0 spiro atoms. The summed E-state index contributed by atoms with van der Waals surface area (Å²) in [6.45, 7) is 1.83. The third-order valence-corrected chi connectivity index (χ3v) is 12.5. The van der Waals surface area contributed by atoms with Gasteiger partial charge < -0.3 is 9.84 Å². The second-order valence-electron chi connectivity index (χ2n) is 13.9. The minimum absolute atomic E-state index is 0.0511. The number of hydrogen-bond acceptors (Lipinski definition) is 7. The maximum atomic E-state index is 15.4. The van der Waals surface area contributed by atoms with Crippen molar-refractivity contribution in [3.05, 3.63) is 127 Å². The van der Waals surface area contributed by atoms with Gasteiger partial charge >= 0.3 is 0 Å². The molecule has 6 unspecified atom stereocenters. The minimum atomic E-state index is -1.65. The molecule has 8 rings (SSSR count). The van der Waals surface area contributed by atoms with Crippen molar-refractivity contribution in [2.24, 2.45) is 23.7 Å². The molecule has 1 saturated carbocycles. The number of aryl methyl sites for hydroxylation is 1. The van der Waals surface area contributed by atoms with Gasteiger partial charge in [0.2, 0.25) is 11.8 Å². The number of nitrogens with zero attached hydrogens (tertiary/aromatic N) is 2. The molecule has 0 radical (unpaired) electrons. The lowest BCUT2D eigenvalue weighted by Crippen LogP contribution is -2.53. The van der Waals surface area contributed by atoms with E-state index in [2.05, 4.69) is 5.43 Å². The molecule has 4 amide bonds. The first kappa shape index (κ1) is 35.5. The molecule has 2 heterocycles. The molecule has 13 heteroatoms. The summed E-state index contributed by atoms with van der Waals surface area (Å²) in [5.41, 5.74) is 4.19. The Morgan fingerprint density at radius 2 is 1.53 bits per heavy atom. The fourth-order valence-electron chi connectivity index (χ4n) is 8.92. The summed E-state index contributed by atoms with van der Waals surface area (Å²) in [5, 5.41) is 13.8. The number of phenolic OH excluding ortho intramolecular Hbond substituents is 1. The van der Waals surface area contributed by atoms with Crippen molar-refractivity contribution in [1.29, 1.82) is 0 Å². The van der Waals surface area contributed by atoms with Gasteiger partial charge in [-0.3, -0.25) is 24.6 Å². The highest BCUT2D eigenvalue weighted by molar-refractivity contribution is 6.36. The average Bonchev–Trinajstić information content (AvgIpc) is 3.52. The molecular formula is C40H31Cl4N3O6. The molecule has 9 nitrogen and oxygen atoms in total. The predicted octanol–water partition coefficient (Wildman–Crippen LogP) is 8.51. The Bertz CT molecular complexity index is 2280. The molecule has 3 fully saturated rings. The number of phenols is 1. The Hall–Kier alpha value is -4.54. The summed E-state index contributed by atoms with van der Waals surface area (Å²) in [6, 6.07) is 21.1. The number of hydrogen-bond donors (Lipinski definition) is 2. The van der Waals surface area contributed by atoms with Gasteiger partial charge in [0, 0.05) is 26.5 Å². The van der Waals surface area contributed by atoms with E-state index in [4.69, 9.17) is 51.1 Å². The van der Waals surface area contributed by atoms with Crippen molar-refractivity contribution in [1.82, 2.24) is 5.01 Å². The van der Waals surface area contributed by atoms with Crippen LogP contribution >= 0.6 is 46.4 Å². The summed E-state index contributed by atoms with van der Waals surface area (Å²) in [6.07, 6.45) is 2.15. The number of benzene rings is 4. The summed E-state index contributed by atoms with van der Waals surface area (Å²) in [7, 11) is 1.52. The molecule has 4 aromatic carbocycles. The van der Waals surface area contributed by atoms with Crippen molar-refractivity contribution in [2.75, 3.05) is 17.4 Å². The van der Waals surface area contributed by atoms with Crippen LogP contribution in [0.1, 0.15) is 35.4 Å². The number of rotatable bonds is 6. The van der Waals surface area contributed by atoms with Gasteiger partial charge in [-0.25, -0.2) is 4.90 Å². The van der Waals surface area contributed by atoms with Crippen LogP contribution in [0.15, 0.2) is 90.5 Å². The highest BCUT2D eigenvalue weighted by atomic mass is 35.5. The summed E-state index contributed by atoms with van der Waals surface area (Å²) < 4.78 is 5.45. The van der Waals surface area contributed by atoms with Crippen molar-refractivity contribution < 1.29 is 29.0 Å². The average molecular weight is 792 g/mol. The number of imide groups is 2. The van der Waals surface area contributed by atoms with Gasteiger partial charge in [0.25, 0.3) is 11.8 Å². The third kappa shape index (κ3) is 5.35. The number of halogens is 4. The van der Waals surface area contributed by atoms with Crippen LogP contribution in [0, 0.1) is 30.6 Å². The zero-order chi connectivity index (χ0) is 37.5. The predicted molar refractivity (Wildman–Crippen MR) is 202 cm³/mol. The van der Waals surface area contributed by atoms with E-state index in [-0.39, 0.29) is 35.2 Å². The molecule has 0 bridgehead atoms. The van der Waals surface area contributed by atoms with E-state index in [1.807, 2.05) is 13.0 Å². The quantitative estimate of drug-likeness (QED) is 0.149. The van der Waals surface area contributed by atoms with Gasteiger partial charge in [-0.15, -0.1) is 0 Å². The number of nitrogens with one attached hydrogen (secondary N) is 1. The van der Waals surface area contributed by atoms with Crippen molar-refractivity contribution >= 4 is 81.4 Å². The highest BCUT2D eigenvalue weighted by Crippen LogP contribution is 2.65. The fourth-order valence-corrected chi connectivity index (χ4v) is 9.73. The van der Waals surface area contributed by atoms with Crippen LogP contribution in [-0.4, -0.2) is 40.9 Å². The minimum Gasteiger partial charge on any atom is -0.508 e. The lowest BCUT2D eigenvalue weighted by molar-refractivity contribution is -0.138. The summed E-state index contributed by atoms with van der Waals surface area (Å²) in [4.78, 5) is 60.1. The van der Waals surface area contributed by atoms with Crippen molar-refractivity contribution in [2.45, 2.75) is 31.1 Å². The molecule has 2 aliphatic heterocycles. The van der Waals surface area contributed by atoms with Gasteiger partial charge in [0.05, 0.1) is 46.7 Å².